The van der Waals surface area contributed by atoms with Crippen LogP contribution in [0.2, 0.25) is 0 Å². The van der Waals surface area contributed by atoms with Gasteiger partial charge in [0.1, 0.15) is 11.4 Å². The number of rotatable bonds is 11. The predicted molar refractivity (Wildman–Crippen MR) is 134 cm³/mol. The second kappa shape index (κ2) is 12.8. The quantitative estimate of drug-likeness (QED) is 0.323. The van der Waals surface area contributed by atoms with Gasteiger partial charge in [-0.25, -0.2) is 0 Å². The van der Waals surface area contributed by atoms with E-state index in [0.717, 1.165) is 23.1 Å². The molecule has 35 heavy (non-hydrogen) atoms. The van der Waals surface area contributed by atoms with Crippen LogP contribution in [0.15, 0.2) is 77.2 Å². The molecule has 0 aliphatic rings. The average Bonchev–Trinajstić information content (AvgIpc) is 2.84. The number of aromatic hydroxyl groups is 1. The Hall–Kier alpha value is -3.53. The molecule has 0 fully saturated rings. The van der Waals surface area contributed by atoms with E-state index in [4.69, 9.17) is 0 Å². The Kier molecular flexibility index (Phi) is 9.54. The number of hydrogen-bond donors (Lipinski definition) is 4. The molecule has 2 atom stereocenters. The second-order valence-corrected chi connectivity index (χ2v) is 8.96. The van der Waals surface area contributed by atoms with Gasteiger partial charge in [0.15, 0.2) is 0 Å². The average molecular weight is 496 g/mol. The summed E-state index contributed by atoms with van der Waals surface area (Å²) in [6.07, 6.45) is 0.135. The summed E-state index contributed by atoms with van der Waals surface area (Å²) < 4.78 is 24.9. The van der Waals surface area contributed by atoms with Crippen LogP contribution in [-0.4, -0.2) is 37.1 Å². The van der Waals surface area contributed by atoms with E-state index in [9.17, 15) is 23.4 Å². The van der Waals surface area contributed by atoms with Crippen LogP contribution in [0, 0.1) is 0 Å². The van der Waals surface area contributed by atoms with E-state index in [2.05, 4.69) is 15.0 Å². The van der Waals surface area contributed by atoms with Gasteiger partial charge in [-0.1, -0.05) is 60.7 Å². The van der Waals surface area contributed by atoms with Crippen LogP contribution < -0.4 is 10.6 Å². The Bertz CT molecular complexity index is 1250. The van der Waals surface area contributed by atoms with Crippen molar-refractivity contribution in [1.29, 1.82) is 0 Å². The van der Waals surface area contributed by atoms with Gasteiger partial charge in [-0.3, -0.25) is 4.79 Å². The summed E-state index contributed by atoms with van der Waals surface area (Å²) in [5.74, 6) is -0.305. The zero-order valence-electron chi connectivity index (χ0n) is 19.4. The third-order valence-electron chi connectivity index (χ3n) is 5.48. The van der Waals surface area contributed by atoms with Gasteiger partial charge in [-0.2, -0.15) is 8.42 Å². The molecule has 1 amide bonds. The van der Waals surface area contributed by atoms with Crippen molar-refractivity contribution in [2.45, 2.75) is 38.5 Å². The maximum atomic E-state index is 12.2. The SMILES string of the molecule is C[C@H](Cc1ccc(CC(=O)NCc2ccccc2)cc1)NC[C@H](O)c1ccc(O)c(N=S(=O)=O)c1. The van der Waals surface area contributed by atoms with Crippen LogP contribution in [0.25, 0.3) is 0 Å². The Balaban J connectivity index is 1.45. The number of aliphatic hydroxyl groups is 1. The summed E-state index contributed by atoms with van der Waals surface area (Å²) in [6, 6.07) is 21.9. The first-order valence-electron chi connectivity index (χ1n) is 11.2. The lowest BCUT2D eigenvalue weighted by molar-refractivity contribution is -0.120. The molecule has 0 spiro atoms. The summed E-state index contributed by atoms with van der Waals surface area (Å²) in [5.41, 5.74) is 3.42. The van der Waals surface area contributed by atoms with Crippen molar-refractivity contribution in [2.24, 2.45) is 4.36 Å². The van der Waals surface area contributed by atoms with Gasteiger partial charge in [0.2, 0.25) is 5.91 Å². The minimum absolute atomic E-state index is 0.0303. The van der Waals surface area contributed by atoms with Crippen LogP contribution >= 0.6 is 0 Å². The van der Waals surface area contributed by atoms with E-state index >= 15 is 0 Å². The minimum Gasteiger partial charge on any atom is -0.506 e. The maximum Gasteiger partial charge on any atom is 0.316 e. The highest BCUT2D eigenvalue weighted by atomic mass is 32.2. The third kappa shape index (κ3) is 8.64. The maximum absolute atomic E-state index is 12.2. The van der Waals surface area contributed by atoms with Gasteiger partial charge < -0.3 is 20.8 Å². The van der Waals surface area contributed by atoms with E-state index in [0.29, 0.717) is 18.5 Å². The molecule has 0 aliphatic carbocycles. The van der Waals surface area contributed by atoms with Gasteiger partial charge in [0.05, 0.1) is 12.5 Å². The number of phenolic OH excluding ortho intramolecular Hbond substituents is 1. The molecule has 3 aromatic rings. The van der Waals surface area contributed by atoms with Gasteiger partial charge in [-0.15, -0.1) is 4.36 Å². The highest BCUT2D eigenvalue weighted by molar-refractivity contribution is 7.61. The number of hydrogen-bond acceptors (Lipinski definition) is 7. The molecule has 8 nitrogen and oxygen atoms in total. The van der Waals surface area contributed by atoms with Crippen LogP contribution in [0.4, 0.5) is 5.69 Å². The van der Waals surface area contributed by atoms with E-state index in [1.807, 2.05) is 61.5 Å². The van der Waals surface area contributed by atoms with E-state index in [1.165, 1.54) is 18.2 Å². The molecule has 0 aliphatic heterocycles. The van der Waals surface area contributed by atoms with Crippen LogP contribution in [-0.2, 0) is 34.7 Å². The number of benzene rings is 3. The predicted octanol–water partition coefficient (Wildman–Crippen LogP) is 3.20. The van der Waals surface area contributed by atoms with Crippen molar-refractivity contribution in [2.75, 3.05) is 6.54 Å². The highest BCUT2D eigenvalue weighted by Crippen LogP contribution is 2.29. The lowest BCUT2D eigenvalue weighted by Gasteiger charge is -2.18. The first kappa shape index (κ1) is 26.1. The van der Waals surface area contributed by atoms with E-state index in [1.54, 1.807) is 0 Å². The van der Waals surface area contributed by atoms with Gasteiger partial charge >= 0.3 is 10.5 Å². The molecule has 0 radical (unpaired) electrons. The highest BCUT2D eigenvalue weighted by Gasteiger charge is 2.13. The molecule has 0 unspecified atom stereocenters. The van der Waals surface area contributed by atoms with Crippen LogP contribution in [0.1, 0.15) is 35.3 Å². The van der Waals surface area contributed by atoms with Crippen LogP contribution in [0.3, 0.4) is 0 Å². The van der Waals surface area contributed by atoms with Gasteiger partial charge in [0, 0.05) is 19.1 Å². The van der Waals surface area contributed by atoms with Crippen molar-refractivity contribution < 1.29 is 23.4 Å². The molecule has 0 heterocycles. The fraction of sp³-hybridized carbons (Fsp3) is 0.269. The van der Waals surface area contributed by atoms with Crippen molar-refractivity contribution in [3.05, 3.63) is 95.1 Å². The monoisotopic (exact) mass is 495 g/mol. The fourth-order valence-corrected chi connectivity index (χ4v) is 3.90. The molecule has 184 valence electrons. The van der Waals surface area contributed by atoms with Crippen molar-refractivity contribution >= 4 is 22.1 Å². The third-order valence-corrected chi connectivity index (χ3v) is 5.82. The zero-order chi connectivity index (χ0) is 25.2. The van der Waals surface area contributed by atoms with Crippen molar-refractivity contribution in [1.82, 2.24) is 10.6 Å². The van der Waals surface area contributed by atoms with Gasteiger partial charge in [-0.05, 0) is 47.7 Å². The Morgan fingerprint density at radius 1 is 0.971 bits per heavy atom. The summed E-state index contributed by atoms with van der Waals surface area (Å²) >= 11 is 0. The fourth-order valence-electron chi connectivity index (χ4n) is 3.60. The molecular weight excluding hydrogens is 466 g/mol. The first-order chi connectivity index (χ1) is 16.8. The molecule has 0 saturated heterocycles. The summed E-state index contributed by atoms with van der Waals surface area (Å²) in [6.45, 7) is 2.74. The Morgan fingerprint density at radius 3 is 2.34 bits per heavy atom. The van der Waals surface area contributed by atoms with Crippen molar-refractivity contribution in [3.63, 3.8) is 0 Å². The Morgan fingerprint density at radius 2 is 1.66 bits per heavy atom. The molecule has 0 bridgehead atoms. The smallest absolute Gasteiger partial charge is 0.316 e. The minimum atomic E-state index is -2.70. The zero-order valence-corrected chi connectivity index (χ0v) is 20.2. The summed E-state index contributed by atoms with van der Waals surface area (Å²) in [5, 5.41) is 26.3. The lowest BCUT2D eigenvalue weighted by atomic mass is 10.0. The molecular formula is C26H29N3O5S. The number of amides is 1. The largest absolute Gasteiger partial charge is 0.506 e. The standard InChI is InChI=1S/C26H29N3O5S/c1-18(27-17-25(31)22-11-12-24(30)23(15-22)29-35(33)34)13-19-7-9-20(10-8-19)14-26(32)28-16-21-5-3-2-4-6-21/h2-12,15,18,25,27,30-31H,13-14,16-17H2,1H3,(H,28,32)/t18-,25+/m1/s1. The molecule has 3 rings (SSSR count). The Labute approximate surface area is 206 Å². The second-order valence-electron chi connectivity index (χ2n) is 8.34. The number of carbonyl (C=O) groups is 1. The summed E-state index contributed by atoms with van der Waals surface area (Å²) in [7, 11) is -2.70. The van der Waals surface area contributed by atoms with Gasteiger partial charge in [0.25, 0.3) is 0 Å². The molecule has 9 heteroatoms. The molecule has 3 aromatic carbocycles. The number of nitrogens with one attached hydrogen (secondary N) is 2. The number of phenols is 1. The van der Waals surface area contributed by atoms with Crippen LogP contribution in [0.5, 0.6) is 5.75 Å². The van der Waals surface area contributed by atoms with E-state index in [-0.39, 0.29) is 29.9 Å². The van der Waals surface area contributed by atoms with Crippen molar-refractivity contribution in [3.8, 4) is 5.75 Å². The summed E-state index contributed by atoms with van der Waals surface area (Å²) in [4.78, 5) is 12.2. The van der Waals surface area contributed by atoms with E-state index < -0.39 is 16.6 Å². The lowest BCUT2D eigenvalue weighted by Crippen LogP contribution is -2.32. The number of aliphatic hydroxyl groups excluding tert-OH is 1. The molecule has 4 N–H and O–H groups in total. The topological polar surface area (TPSA) is 128 Å². The first-order valence-corrected chi connectivity index (χ1v) is 12.3. The molecule has 0 aromatic heterocycles. The number of nitrogens with zero attached hydrogens (tertiary/aromatic N) is 1. The number of carbonyl (C=O) groups excluding carboxylic acids is 1. The molecule has 0 saturated carbocycles. The normalized spacial score (nSPS) is 12.5.